The smallest absolute Gasteiger partial charge is 0.251 e. The molecule has 0 spiro atoms. The standard InChI is InChI=1S/C17H19ClN2O2/c1-19-17(22)16(21)15(12-7-6-8-13(18)11-12)20(2)14-9-4-3-5-10-14/h3-11,15-16,21H,1-2H3,(H,19,22). The zero-order valence-corrected chi connectivity index (χ0v) is 13.3. The molecule has 2 aromatic carbocycles. The molecule has 0 aliphatic heterocycles. The Morgan fingerprint density at radius 3 is 2.45 bits per heavy atom. The lowest BCUT2D eigenvalue weighted by atomic mass is 9.98. The lowest BCUT2D eigenvalue weighted by molar-refractivity contribution is -0.129. The van der Waals surface area contributed by atoms with Crippen molar-refractivity contribution in [2.24, 2.45) is 0 Å². The van der Waals surface area contributed by atoms with E-state index in [9.17, 15) is 9.90 Å². The van der Waals surface area contributed by atoms with E-state index in [1.165, 1.54) is 7.05 Å². The number of carbonyl (C=O) groups is 1. The summed E-state index contributed by atoms with van der Waals surface area (Å²) in [6.07, 6.45) is -1.21. The number of aliphatic hydroxyl groups is 1. The maximum Gasteiger partial charge on any atom is 0.251 e. The van der Waals surface area contributed by atoms with Gasteiger partial charge in [-0.1, -0.05) is 41.9 Å². The molecule has 2 rings (SSSR count). The van der Waals surface area contributed by atoms with Crippen LogP contribution >= 0.6 is 11.6 Å². The summed E-state index contributed by atoms with van der Waals surface area (Å²) in [4.78, 5) is 13.8. The van der Waals surface area contributed by atoms with Crippen LogP contribution < -0.4 is 10.2 Å². The number of nitrogens with one attached hydrogen (secondary N) is 1. The van der Waals surface area contributed by atoms with Gasteiger partial charge in [0.25, 0.3) is 5.91 Å². The number of amides is 1. The number of aliphatic hydroxyl groups excluding tert-OH is 1. The van der Waals surface area contributed by atoms with Crippen LogP contribution in [0.5, 0.6) is 0 Å². The van der Waals surface area contributed by atoms with Crippen LogP contribution in [0.25, 0.3) is 0 Å². The third-order valence-corrected chi connectivity index (χ3v) is 3.82. The molecule has 0 bridgehead atoms. The number of nitrogens with zero attached hydrogens (tertiary/aromatic N) is 1. The van der Waals surface area contributed by atoms with E-state index in [4.69, 9.17) is 11.6 Å². The maximum atomic E-state index is 11.9. The number of para-hydroxylation sites is 1. The molecule has 2 N–H and O–H groups in total. The summed E-state index contributed by atoms with van der Waals surface area (Å²) in [5.41, 5.74) is 1.67. The topological polar surface area (TPSA) is 52.6 Å². The highest BCUT2D eigenvalue weighted by Crippen LogP contribution is 2.30. The summed E-state index contributed by atoms with van der Waals surface area (Å²) in [5, 5.41) is 13.5. The summed E-state index contributed by atoms with van der Waals surface area (Å²) in [6.45, 7) is 0. The second-order valence-corrected chi connectivity index (χ2v) is 5.44. The van der Waals surface area contributed by atoms with Gasteiger partial charge in [0.15, 0.2) is 6.10 Å². The molecular formula is C17H19ClN2O2. The molecule has 22 heavy (non-hydrogen) atoms. The summed E-state index contributed by atoms with van der Waals surface area (Å²) < 4.78 is 0. The van der Waals surface area contributed by atoms with E-state index in [0.717, 1.165) is 11.3 Å². The minimum Gasteiger partial charge on any atom is -0.381 e. The minimum absolute atomic E-state index is 0.437. The number of hydrogen-bond donors (Lipinski definition) is 2. The Morgan fingerprint density at radius 1 is 1.18 bits per heavy atom. The van der Waals surface area contributed by atoms with E-state index in [-0.39, 0.29) is 0 Å². The molecule has 2 aromatic rings. The van der Waals surface area contributed by atoms with E-state index < -0.39 is 18.1 Å². The lowest BCUT2D eigenvalue weighted by Crippen LogP contribution is -2.43. The minimum atomic E-state index is -1.21. The van der Waals surface area contributed by atoms with Crippen molar-refractivity contribution >= 4 is 23.2 Å². The van der Waals surface area contributed by atoms with Crippen LogP contribution in [0, 0.1) is 0 Å². The Bertz CT molecular complexity index is 634. The molecule has 0 aliphatic carbocycles. The Balaban J connectivity index is 2.43. The van der Waals surface area contributed by atoms with Gasteiger partial charge in [-0.3, -0.25) is 4.79 Å². The molecule has 0 radical (unpaired) electrons. The second kappa shape index (κ2) is 7.29. The van der Waals surface area contributed by atoms with Gasteiger partial charge in [0.05, 0.1) is 6.04 Å². The summed E-state index contributed by atoms with van der Waals surface area (Å²) in [6, 6.07) is 16.2. The van der Waals surface area contributed by atoms with Gasteiger partial charge in [-0.05, 0) is 29.8 Å². The number of carbonyl (C=O) groups excluding carboxylic acids is 1. The quantitative estimate of drug-likeness (QED) is 0.891. The Hall–Kier alpha value is -2.04. The van der Waals surface area contributed by atoms with Crippen molar-refractivity contribution in [3.63, 3.8) is 0 Å². The molecule has 1 amide bonds. The maximum absolute atomic E-state index is 11.9. The fraction of sp³-hybridized carbons (Fsp3) is 0.235. The van der Waals surface area contributed by atoms with Gasteiger partial charge >= 0.3 is 0 Å². The number of anilines is 1. The van der Waals surface area contributed by atoms with Gasteiger partial charge < -0.3 is 15.3 Å². The highest BCUT2D eigenvalue weighted by molar-refractivity contribution is 6.30. The summed E-state index contributed by atoms with van der Waals surface area (Å²) in [5.74, 6) is -0.437. The van der Waals surface area contributed by atoms with Crippen molar-refractivity contribution < 1.29 is 9.90 Å². The highest BCUT2D eigenvalue weighted by atomic mass is 35.5. The van der Waals surface area contributed by atoms with E-state index in [1.807, 2.05) is 48.3 Å². The van der Waals surface area contributed by atoms with Crippen molar-refractivity contribution in [2.75, 3.05) is 19.0 Å². The molecule has 116 valence electrons. The third kappa shape index (κ3) is 3.59. The molecule has 0 saturated carbocycles. The molecule has 0 saturated heterocycles. The molecule has 0 aromatic heterocycles. The second-order valence-electron chi connectivity index (χ2n) is 5.01. The first-order chi connectivity index (χ1) is 10.5. The first kappa shape index (κ1) is 16.3. The SMILES string of the molecule is CNC(=O)C(O)C(c1cccc(Cl)c1)N(C)c1ccccc1. The summed E-state index contributed by atoms with van der Waals surface area (Å²) >= 11 is 6.06. The molecule has 5 heteroatoms. The van der Waals surface area contributed by atoms with E-state index in [2.05, 4.69) is 5.32 Å². The predicted molar refractivity (Wildman–Crippen MR) is 89.1 cm³/mol. The summed E-state index contributed by atoms with van der Waals surface area (Å²) in [7, 11) is 3.34. The van der Waals surface area contributed by atoms with Crippen LogP contribution in [0.4, 0.5) is 5.69 Å². The van der Waals surface area contributed by atoms with Gasteiger partial charge in [-0.15, -0.1) is 0 Å². The van der Waals surface area contributed by atoms with Crippen LogP contribution in [-0.4, -0.2) is 31.2 Å². The van der Waals surface area contributed by atoms with Gasteiger partial charge in [0.2, 0.25) is 0 Å². The normalized spacial score (nSPS) is 13.3. The fourth-order valence-corrected chi connectivity index (χ4v) is 2.62. The zero-order chi connectivity index (χ0) is 16.1. The fourth-order valence-electron chi connectivity index (χ4n) is 2.42. The van der Waals surface area contributed by atoms with Crippen molar-refractivity contribution in [1.82, 2.24) is 5.32 Å². The average Bonchev–Trinajstić information content (AvgIpc) is 2.55. The van der Waals surface area contributed by atoms with E-state index in [0.29, 0.717) is 5.02 Å². The Labute approximate surface area is 135 Å². The first-order valence-electron chi connectivity index (χ1n) is 6.97. The molecule has 2 atom stereocenters. The zero-order valence-electron chi connectivity index (χ0n) is 12.5. The van der Waals surface area contributed by atoms with Gasteiger partial charge in [0, 0.05) is 24.8 Å². The van der Waals surface area contributed by atoms with Gasteiger partial charge in [-0.2, -0.15) is 0 Å². The molecular weight excluding hydrogens is 300 g/mol. The van der Waals surface area contributed by atoms with Crippen LogP contribution in [0.2, 0.25) is 5.02 Å². The van der Waals surface area contributed by atoms with Crippen molar-refractivity contribution in [3.8, 4) is 0 Å². The number of benzene rings is 2. The third-order valence-electron chi connectivity index (χ3n) is 3.59. The van der Waals surface area contributed by atoms with Gasteiger partial charge in [-0.25, -0.2) is 0 Å². The highest BCUT2D eigenvalue weighted by Gasteiger charge is 2.30. The lowest BCUT2D eigenvalue weighted by Gasteiger charge is -2.33. The number of likely N-dealkylation sites (N-methyl/N-ethyl adjacent to an activating group) is 2. The van der Waals surface area contributed by atoms with Crippen molar-refractivity contribution in [3.05, 3.63) is 65.2 Å². The molecule has 0 fully saturated rings. The van der Waals surface area contributed by atoms with Crippen LogP contribution in [0.3, 0.4) is 0 Å². The average molecular weight is 319 g/mol. The largest absolute Gasteiger partial charge is 0.381 e. The van der Waals surface area contributed by atoms with Crippen molar-refractivity contribution in [2.45, 2.75) is 12.1 Å². The van der Waals surface area contributed by atoms with Crippen LogP contribution in [0.15, 0.2) is 54.6 Å². The predicted octanol–water partition coefficient (Wildman–Crippen LogP) is 2.62. The molecule has 4 nitrogen and oxygen atoms in total. The Kier molecular flexibility index (Phi) is 5.41. The van der Waals surface area contributed by atoms with Crippen molar-refractivity contribution in [1.29, 1.82) is 0 Å². The monoisotopic (exact) mass is 318 g/mol. The first-order valence-corrected chi connectivity index (χ1v) is 7.35. The number of hydrogen-bond acceptors (Lipinski definition) is 3. The number of halogens is 1. The molecule has 2 unspecified atom stereocenters. The van der Waals surface area contributed by atoms with Gasteiger partial charge in [0.1, 0.15) is 0 Å². The molecule has 0 heterocycles. The van der Waals surface area contributed by atoms with Crippen LogP contribution in [0.1, 0.15) is 11.6 Å². The Morgan fingerprint density at radius 2 is 1.86 bits per heavy atom. The molecule has 0 aliphatic rings. The number of rotatable bonds is 5. The van der Waals surface area contributed by atoms with E-state index in [1.54, 1.807) is 18.2 Å². The van der Waals surface area contributed by atoms with Crippen LogP contribution in [-0.2, 0) is 4.79 Å². The van der Waals surface area contributed by atoms with E-state index >= 15 is 0 Å².